The highest BCUT2D eigenvalue weighted by atomic mass is 32.2. The summed E-state index contributed by atoms with van der Waals surface area (Å²) in [4.78, 5) is 21.1. The monoisotopic (exact) mass is 348 g/mol. The normalized spacial score (nSPS) is 22.5. The maximum Gasteiger partial charge on any atom is 0.319 e. The van der Waals surface area contributed by atoms with Gasteiger partial charge in [-0.2, -0.15) is 0 Å². The van der Waals surface area contributed by atoms with Crippen LogP contribution in [0.5, 0.6) is 0 Å². The van der Waals surface area contributed by atoms with Crippen molar-refractivity contribution in [1.29, 1.82) is 0 Å². The van der Waals surface area contributed by atoms with Crippen LogP contribution in [-0.4, -0.2) is 41.5 Å². The lowest BCUT2D eigenvalue weighted by atomic mass is 10.0. The molecule has 1 aliphatic rings. The first-order chi connectivity index (χ1) is 11.2. The molecule has 3 rings (SSSR count). The van der Waals surface area contributed by atoms with Gasteiger partial charge in [-0.25, -0.2) is 23.2 Å². The molecule has 128 valence electrons. The lowest BCUT2D eigenvalue weighted by Gasteiger charge is -2.24. The molecular formula is C16H20N4O3S. The van der Waals surface area contributed by atoms with E-state index in [-0.39, 0.29) is 11.5 Å². The van der Waals surface area contributed by atoms with E-state index < -0.39 is 21.4 Å². The number of nitrogens with zero attached hydrogens (tertiary/aromatic N) is 2. The quantitative estimate of drug-likeness (QED) is 0.864. The van der Waals surface area contributed by atoms with Gasteiger partial charge in [-0.05, 0) is 45.4 Å². The van der Waals surface area contributed by atoms with Crippen LogP contribution in [0.2, 0.25) is 0 Å². The Labute approximate surface area is 140 Å². The molecule has 2 N–H and O–H groups in total. The number of fused-ring (bicyclic) bond motifs is 1. The first kappa shape index (κ1) is 16.6. The van der Waals surface area contributed by atoms with Gasteiger partial charge < -0.3 is 10.6 Å². The van der Waals surface area contributed by atoms with Crippen LogP contribution in [0.4, 0.5) is 10.5 Å². The van der Waals surface area contributed by atoms with E-state index in [0.717, 1.165) is 16.9 Å². The number of aromatic nitrogens is 2. The molecule has 2 aromatic rings. The predicted molar refractivity (Wildman–Crippen MR) is 92.8 cm³/mol. The SMILES string of the molecule is Cc1nc2ccc(NC(=O)NC3(C)CCS(=O)(=O)C3)cc2nc1C. The third-order valence-corrected chi connectivity index (χ3v) is 6.15. The molecule has 2 amide bonds. The van der Waals surface area contributed by atoms with Gasteiger partial charge in [-0.15, -0.1) is 0 Å². The number of carbonyl (C=O) groups excluding carboxylic acids is 1. The number of rotatable bonds is 2. The second-order valence-corrected chi connectivity index (χ2v) is 8.76. The number of carbonyl (C=O) groups is 1. The molecule has 1 fully saturated rings. The lowest BCUT2D eigenvalue weighted by molar-refractivity contribution is 0.242. The summed E-state index contributed by atoms with van der Waals surface area (Å²) in [7, 11) is -3.07. The number of sulfone groups is 1. The molecule has 1 aromatic carbocycles. The van der Waals surface area contributed by atoms with Gasteiger partial charge in [0.05, 0.1) is 39.5 Å². The summed E-state index contributed by atoms with van der Waals surface area (Å²) in [5.41, 5.74) is 3.03. The zero-order valence-corrected chi connectivity index (χ0v) is 14.7. The maximum absolute atomic E-state index is 12.2. The molecule has 0 radical (unpaired) electrons. The number of anilines is 1. The van der Waals surface area contributed by atoms with Gasteiger partial charge in [0.25, 0.3) is 0 Å². The van der Waals surface area contributed by atoms with Crippen LogP contribution in [0.15, 0.2) is 18.2 Å². The van der Waals surface area contributed by atoms with Crippen molar-refractivity contribution in [2.24, 2.45) is 0 Å². The Hall–Kier alpha value is -2.22. The molecule has 2 heterocycles. The molecule has 24 heavy (non-hydrogen) atoms. The second kappa shape index (κ2) is 5.70. The zero-order valence-electron chi connectivity index (χ0n) is 13.9. The number of aryl methyl sites for hydroxylation is 2. The van der Waals surface area contributed by atoms with Crippen LogP contribution in [0.1, 0.15) is 24.7 Å². The second-order valence-electron chi connectivity index (χ2n) is 6.58. The van der Waals surface area contributed by atoms with Crippen molar-refractivity contribution in [3.8, 4) is 0 Å². The Bertz CT molecular complexity index is 926. The van der Waals surface area contributed by atoms with Gasteiger partial charge in [0.1, 0.15) is 0 Å². The van der Waals surface area contributed by atoms with Crippen LogP contribution in [-0.2, 0) is 9.84 Å². The van der Waals surface area contributed by atoms with Gasteiger partial charge in [0.15, 0.2) is 9.84 Å². The third kappa shape index (κ3) is 3.48. The van der Waals surface area contributed by atoms with Crippen LogP contribution in [0, 0.1) is 13.8 Å². The standard InChI is InChI=1S/C16H20N4O3S/c1-10-11(2)18-14-8-12(4-5-13(14)17-10)19-15(21)20-16(3)6-7-24(22,23)9-16/h4-5,8H,6-7,9H2,1-3H3,(H2,19,20,21). The van der Waals surface area contributed by atoms with E-state index in [9.17, 15) is 13.2 Å². The van der Waals surface area contributed by atoms with Crippen molar-refractivity contribution in [2.45, 2.75) is 32.7 Å². The Kier molecular flexibility index (Phi) is 3.95. The van der Waals surface area contributed by atoms with Crippen LogP contribution >= 0.6 is 0 Å². The van der Waals surface area contributed by atoms with Crippen molar-refractivity contribution in [3.63, 3.8) is 0 Å². The molecule has 7 nitrogen and oxygen atoms in total. The molecule has 1 atom stereocenters. The van der Waals surface area contributed by atoms with E-state index in [2.05, 4.69) is 20.6 Å². The van der Waals surface area contributed by atoms with E-state index in [1.54, 1.807) is 25.1 Å². The molecule has 0 bridgehead atoms. The fraction of sp³-hybridized carbons (Fsp3) is 0.438. The zero-order chi connectivity index (χ0) is 17.5. The van der Waals surface area contributed by atoms with Crippen LogP contribution in [0.3, 0.4) is 0 Å². The summed E-state index contributed by atoms with van der Waals surface area (Å²) in [6.07, 6.45) is 0.421. The fourth-order valence-corrected chi connectivity index (χ4v) is 4.95. The van der Waals surface area contributed by atoms with E-state index in [4.69, 9.17) is 0 Å². The van der Waals surface area contributed by atoms with E-state index in [1.165, 1.54) is 0 Å². The van der Waals surface area contributed by atoms with E-state index in [1.807, 2.05) is 13.8 Å². The number of benzene rings is 1. The van der Waals surface area contributed by atoms with Crippen LogP contribution in [0.25, 0.3) is 11.0 Å². The Balaban J connectivity index is 1.75. The minimum absolute atomic E-state index is 0.0327. The molecule has 1 aromatic heterocycles. The van der Waals surface area contributed by atoms with Crippen molar-refractivity contribution in [3.05, 3.63) is 29.6 Å². The molecule has 0 aliphatic carbocycles. The number of amides is 2. The molecule has 8 heteroatoms. The third-order valence-electron chi connectivity index (χ3n) is 4.25. The van der Waals surface area contributed by atoms with E-state index in [0.29, 0.717) is 17.6 Å². The van der Waals surface area contributed by atoms with Crippen LogP contribution < -0.4 is 10.6 Å². The van der Waals surface area contributed by atoms with E-state index >= 15 is 0 Å². The number of hydrogen-bond acceptors (Lipinski definition) is 5. The van der Waals surface area contributed by atoms with Gasteiger partial charge in [-0.1, -0.05) is 0 Å². The smallest absolute Gasteiger partial charge is 0.319 e. The summed E-state index contributed by atoms with van der Waals surface area (Å²) < 4.78 is 23.2. The number of urea groups is 1. The van der Waals surface area contributed by atoms with Crippen molar-refractivity contribution >= 4 is 32.6 Å². The Morgan fingerprint density at radius 3 is 2.46 bits per heavy atom. The molecule has 1 unspecified atom stereocenters. The summed E-state index contributed by atoms with van der Waals surface area (Å²) in [6, 6.07) is 4.87. The predicted octanol–water partition coefficient (Wildman–Crippen LogP) is 1.95. The Morgan fingerprint density at radius 1 is 1.17 bits per heavy atom. The Morgan fingerprint density at radius 2 is 1.83 bits per heavy atom. The lowest BCUT2D eigenvalue weighted by Crippen LogP contribution is -2.48. The highest BCUT2D eigenvalue weighted by Gasteiger charge is 2.39. The summed E-state index contributed by atoms with van der Waals surface area (Å²) in [5.74, 6) is 0.0725. The first-order valence-corrected chi connectivity index (χ1v) is 9.53. The fourth-order valence-electron chi connectivity index (χ4n) is 2.85. The maximum atomic E-state index is 12.2. The van der Waals surface area contributed by atoms with Crippen molar-refractivity contribution < 1.29 is 13.2 Å². The summed E-state index contributed by atoms with van der Waals surface area (Å²) in [6.45, 7) is 5.53. The minimum Gasteiger partial charge on any atom is -0.332 e. The summed E-state index contributed by atoms with van der Waals surface area (Å²) >= 11 is 0. The number of nitrogens with one attached hydrogen (secondary N) is 2. The van der Waals surface area contributed by atoms with Gasteiger partial charge >= 0.3 is 6.03 Å². The van der Waals surface area contributed by atoms with Gasteiger partial charge in [0.2, 0.25) is 0 Å². The van der Waals surface area contributed by atoms with Gasteiger partial charge in [0, 0.05) is 5.69 Å². The first-order valence-electron chi connectivity index (χ1n) is 7.70. The highest BCUT2D eigenvalue weighted by Crippen LogP contribution is 2.23. The highest BCUT2D eigenvalue weighted by molar-refractivity contribution is 7.91. The topological polar surface area (TPSA) is 101 Å². The van der Waals surface area contributed by atoms with Crippen molar-refractivity contribution in [2.75, 3.05) is 16.8 Å². The molecule has 1 aliphatic heterocycles. The molecule has 0 spiro atoms. The van der Waals surface area contributed by atoms with Crippen molar-refractivity contribution in [1.82, 2.24) is 15.3 Å². The average Bonchev–Trinajstić information content (AvgIpc) is 2.73. The average molecular weight is 348 g/mol. The largest absolute Gasteiger partial charge is 0.332 e. The molecule has 1 saturated heterocycles. The number of hydrogen-bond donors (Lipinski definition) is 2. The molecule has 0 saturated carbocycles. The summed E-state index contributed by atoms with van der Waals surface area (Å²) in [5, 5.41) is 5.50. The molecular weight excluding hydrogens is 328 g/mol. The van der Waals surface area contributed by atoms with Gasteiger partial charge in [-0.3, -0.25) is 0 Å². The minimum atomic E-state index is -3.07.